The third-order valence-corrected chi connectivity index (χ3v) is 9.02. The second-order valence-electron chi connectivity index (χ2n) is 11.7. The zero-order chi connectivity index (χ0) is 29.5. The van der Waals surface area contributed by atoms with Crippen molar-refractivity contribution >= 4 is 33.5 Å². The summed E-state index contributed by atoms with van der Waals surface area (Å²) >= 11 is 0. The summed E-state index contributed by atoms with van der Waals surface area (Å²) in [6.07, 6.45) is 12.0. The minimum atomic E-state index is -0.190. The molecule has 0 amide bonds. The number of benzene rings is 2. The summed E-state index contributed by atoms with van der Waals surface area (Å²) < 4.78 is 15.5. The van der Waals surface area contributed by atoms with Gasteiger partial charge in [0, 0.05) is 67.2 Å². The molecule has 2 aliphatic rings. The van der Waals surface area contributed by atoms with E-state index in [0.29, 0.717) is 17.8 Å². The number of piperazine rings is 1. The van der Waals surface area contributed by atoms with Crippen LogP contribution in [0.2, 0.25) is 0 Å². The Kier molecular flexibility index (Phi) is 7.15. The van der Waals surface area contributed by atoms with Crippen LogP contribution in [0.5, 0.6) is 0 Å². The average molecular weight is 574 g/mol. The van der Waals surface area contributed by atoms with Gasteiger partial charge in [0.15, 0.2) is 0 Å². The standard InChI is InChI=1S/C35H36FN7/c1-3-4-5-23(2)30-13-8-24-6-7-25(22-31(24)39-30)32-33-34(37)38-14-15-43(33)35(40-32)26-20-29(21-26)42-18-16-41(17-19-42)28-11-9-27(36)10-12-28/h3-15,22,26,29H,16-21H2,1-2H3,(H2,37,38)/b4-3-,23-5+. The van der Waals surface area contributed by atoms with E-state index in [1.54, 1.807) is 18.3 Å². The molecular weight excluding hydrogens is 537 g/mol. The third-order valence-electron chi connectivity index (χ3n) is 9.02. The highest BCUT2D eigenvalue weighted by Crippen LogP contribution is 2.42. The number of hydrogen-bond donors (Lipinski definition) is 1. The maximum absolute atomic E-state index is 13.4. The van der Waals surface area contributed by atoms with Crippen LogP contribution in [0.15, 0.2) is 85.2 Å². The van der Waals surface area contributed by atoms with E-state index in [1.165, 1.54) is 0 Å². The largest absolute Gasteiger partial charge is 0.382 e. The van der Waals surface area contributed by atoms with Crippen molar-refractivity contribution in [2.45, 2.75) is 38.6 Å². The topological polar surface area (TPSA) is 75.6 Å². The number of aromatic nitrogens is 4. The van der Waals surface area contributed by atoms with Gasteiger partial charge in [-0.25, -0.2) is 19.3 Å². The number of allylic oxidation sites excluding steroid dienone is 4. The van der Waals surface area contributed by atoms with Gasteiger partial charge in [-0.3, -0.25) is 9.30 Å². The number of nitrogens with two attached hydrogens (primary N) is 1. The highest BCUT2D eigenvalue weighted by Gasteiger charge is 2.38. The third kappa shape index (κ3) is 5.16. The van der Waals surface area contributed by atoms with Crippen LogP contribution in [0.3, 0.4) is 0 Å². The number of halogens is 1. The van der Waals surface area contributed by atoms with Crippen molar-refractivity contribution in [2.75, 3.05) is 36.8 Å². The Morgan fingerprint density at radius 2 is 1.74 bits per heavy atom. The Bertz CT molecular complexity index is 1840. The molecule has 5 aromatic rings. The smallest absolute Gasteiger partial charge is 0.150 e. The van der Waals surface area contributed by atoms with Gasteiger partial charge in [-0.15, -0.1) is 0 Å². The van der Waals surface area contributed by atoms with Crippen molar-refractivity contribution in [2.24, 2.45) is 0 Å². The van der Waals surface area contributed by atoms with Crippen LogP contribution in [-0.4, -0.2) is 56.5 Å². The van der Waals surface area contributed by atoms with Crippen molar-refractivity contribution in [1.82, 2.24) is 24.3 Å². The van der Waals surface area contributed by atoms with E-state index in [-0.39, 0.29) is 5.82 Å². The average Bonchev–Trinajstić information content (AvgIpc) is 3.40. The Morgan fingerprint density at radius 1 is 0.977 bits per heavy atom. The minimum Gasteiger partial charge on any atom is -0.382 e. The van der Waals surface area contributed by atoms with Gasteiger partial charge in [-0.05, 0) is 68.7 Å². The molecule has 218 valence electrons. The first-order valence-corrected chi connectivity index (χ1v) is 15.1. The number of nitrogens with zero attached hydrogens (tertiary/aromatic N) is 6. The summed E-state index contributed by atoms with van der Waals surface area (Å²) in [4.78, 5) is 19.6. The lowest BCUT2D eigenvalue weighted by molar-refractivity contribution is 0.0994. The zero-order valence-electron chi connectivity index (χ0n) is 24.6. The van der Waals surface area contributed by atoms with Gasteiger partial charge in [0.1, 0.15) is 28.7 Å². The fourth-order valence-electron chi connectivity index (χ4n) is 6.48. The number of pyridine rings is 1. The van der Waals surface area contributed by atoms with Crippen molar-refractivity contribution in [3.63, 3.8) is 0 Å². The van der Waals surface area contributed by atoms with Crippen molar-refractivity contribution in [3.05, 3.63) is 103 Å². The molecule has 3 aromatic heterocycles. The highest BCUT2D eigenvalue weighted by atomic mass is 19.1. The van der Waals surface area contributed by atoms with E-state index in [2.05, 4.69) is 62.5 Å². The second kappa shape index (κ2) is 11.3. The number of rotatable bonds is 6. The van der Waals surface area contributed by atoms with E-state index in [4.69, 9.17) is 15.7 Å². The van der Waals surface area contributed by atoms with E-state index in [9.17, 15) is 4.39 Å². The van der Waals surface area contributed by atoms with Gasteiger partial charge in [0.25, 0.3) is 0 Å². The predicted molar refractivity (Wildman–Crippen MR) is 173 cm³/mol. The summed E-state index contributed by atoms with van der Waals surface area (Å²) in [6, 6.07) is 17.9. The van der Waals surface area contributed by atoms with Crippen molar-refractivity contribution in [3.8, 4) is 11.3 Å². The lowest BCUT2D eigenvalue weighted by Gasteiger charge is -2.46. The second-order valence-corrected chi connectivity index (χ2v) is 11.7. The Labute approximate surface area is 251 Å². The molecule has 2 aromatic carbocycles. The molecule has 7 rings (SSSR count). The highest BCUT2D eigenvalue weighted by molar-refractivity contribution is 5.91. The van der Waals surface area contributed by atoms with Gasteiger partial charge in [0.2, 0.25) is 0 Å². The molecule has 0 atom stereocenters. The molecule has 0 bridgehead atoms. The number of fused-ring (bicyclic) bond motifs is 2. The summed E-state index contributed by atoms with van der Waals surface area (Å²) in [5.74, 6) is 1.70. The maximum atomic E-state index is 13.4. The lowest BCUT2D eigenvalue weighted by Crippen LogP contribution is -2.53. The first-order valence-electron chi connectivity index (χ1n) is 15.1. The van der Waals surface area contributed by atoms with E-state index < -0.39 is 0 Å². The van der Waals surface area contributed by atoms with Gasteiger partial charge in [-0.1, -0.05) is 36.4 Å². The summed E-state index contributed by atoms with van der Waals surface area (Å²) in [5.41, 5.74) is 13.3. The molecule has 7 nitrogen and oxygen atoms in total. The summed E-state index contributed by atoms with van der Waals surface area (Å²) in [5, 5.41) is 1.09. The maximum Gasteiger partial charge on any atom is 0.150 e. The van der Waals surface area contributed by atoms with Crippen LogP contribution < -0.4 is 10.6 Å². The van der Waals surface area contributed by atoms with Crippen molar-refractivity contribution in [1.29, 1.82) is 0 Å². The normalized spacial score (nSPS) is 19.9. The Hall–Kier alpha value is -4.56. The van der Waals surface area contributed by atoms with Crippen LogP contribution >= 0.6 is 0 Å². The predicted octanol–water partition coefficient (Wildman–Crippen LogP) is 6.71. The van der Waals surface area contributed by atoms with Crippen LogP contribution in [0.4, 0.5) is 15.9 Å². The van der Waals surface area contributed by atoms with Crippen LogP contribution in [-0.2, 0) is 0 Å². The molecule has 8 heteroatoms. The van der Waals surface area contributed by atoms with Crippen LogP contribution in [0, 0.1) is 5.82 Å². The Morgan fingerprint density at radius 3 is 2.51 bits per heavy atom. The number of imidazole rings is 1. The van der Waals surface area contributed by atoms with E-state index in [1.807, 2.05) is 37.4 Å². The van der Waals surface area contributed by atoms with Gasteiger partial charge >= 0.3 is 0 Å². The molecule has 1 saturated carbocycles. The molecule has 4 heterocycles. The van der Waals surface area contributed by atoms with Crippen molar-refractivity contribution < 1.29 is 4.39 Å². The van der Waals surface area contributed by atoms with Gasteiger partial charge < -0.3 is 10.6 Å². The lowest BCUT2D eigenvalue weighted by atomic mass is 9.78. The summed E-state index contributed by atoms with van der Waals surface area (Å²) in [7, 11) is 0. The zero-order valence-corrected chi connectivity index (χ0v) is 24.6. The molecule has 1 saturated heterocycles. The molecule has 2 N–H and O–H groups in total. The SMILES string of the molecule is C/C=C\C=C(/C)c1ccc2ccc(-c3nc(C4CC(N5CCN(c6ccc(F)cc6)CC5)C4)n4ccnc(N)c34)cc2n1. The molecule has 0 unspecified atom stereocenters. The molecule has 1 aliphatic heterocycles. The quantitative estimate of drug-likeness (QED) is 0.228. The van der Waals surface area contributed by atoms with E-state index >= 15 is 0 Å². The fourth-order valence-corrected chi connectivity index (χ4v) is 6.48. The fraction of sp³-hybridized carbons (Fsp3) is 0.286. The number of nitrogen functional groups attached to an aromatic ring is 1. The van der Waals surface area contributed by atoms with Crippen LogP contribution in [0.1, 0.15) is 44.1 Å². The monoisotopic (exact) mass is 573 g/mol. The Balaban J connectivity index is 1.12. The molecule has 0 radical (unpaired) electrons. The first-order chi connectivity index (χ1) is 21.0. The van der Waals surface area contributed by atoms with Gasteiger partial charge in [0.05, 0.1) is 11.2 Å². The first kappa shape index (κ1) is 27.3. The molecular formula is C35H36FN7. The number of hydrogen-bond acceptors (Lipinski definition) is 6. The molecule has 43 heavy (non-hydrogen) atoms. The van der Waals surface area contributed by atoms with Gasteiger partial charge in [-0.2, -0.15) is 0 Å². The van der Waals surface area contributed by atoms with Crippen LogP contribution in [0.25, 0.3) is 33.3 Å². The molecule has 0 spiro atoms. The van der Waals surface area contributed by atoms with E-state index in [0.717, 1.165) is 89.5 Å². The summed E-state index contributed by atoms with van der Waals surface area (Å²) in [6.45, 7) is 8.01. The number of anilines is 2. The minimum absolute atomic E-state index is 0.190. The molecule has 1 aliphatic carbocycles. The molecule has 2 fully saturated rings.